The molecule has 0 spiro atoms. The maximum Gasteiger partial charge on any atom is 0.0159 e. The van der Waals surface area contributed by atoms with E-state index in [9.17, 15) is 0 Å². The number of rotatable bonds is 1. The quantitative estimate of drug-likeness (QED) is 0.730. The largest absolute Gasteiger partial charge is 0.242 e. The lowest BCUT2D eigenvalue weighted by Gasteiger charge is -2.34. The Morgan fingerprint density at radius 2 is 1.50 bits per heavy atom. The number of nitrogens with zero attached hydrogens (tertiary/aromatic N) is 2. The van der Waals surface area contributed by atoms with Gasteiger partial charge in [0.2, 0.25) is 0 Å². The molecular weight excluding hydrogens is 308 g/mol. The van der Waals surface area contributed by atoms with Gasteiger partial charge in [-0.1, -0.05) is 13.3 Å². The summed E-state index contributed by atoms with van der Waals surface area (Å²) in [7, 11) is 0. The topological polar surface area (TPSA) is 6.48 Å². The van der Waals surface area contributed by atoms with E-state index in [1.54, 1.807) is 0 Å². The molecule has 0 aromatic carbocycles. The molecule has 0 aromatic rings. The van der Waals surface area contributed by atoms with Crippen LogP contribution in [0.4, 0.5) is 0 Å². The third kappa shape index (κ3) is 3.80. The van der Waals surface area contributed by atoms with Crippen molar-refractivity contribution in [2.24, 2.45) is 5.92 Å². The van der Waals surface area contributed by atoms with Gasteiger partial charge in [0.05, 0.1) is 0 Å². The van der Waals surface area contributed by atoms with Crippen LogP contribution in [0.15, 0.2) is 0 Å². The summed E-state index contributed by atoms with van der Waals surface area (Å²) in [5.74, 6) is 0.923. The lowest BCUT2D eigenvalue weighted by atomic mass is 10.1. The van der Waals surface area contributed by atoms with Crippen molar-refractivity contribution in [2.75, 3.05) is 26.2 Å². The van der Waals surface area contributed by atoms with Crippen LogP contribution in [0.25, 0.3) is 0 Å². The summed E-state index contributed by atoms with van der Waals surface area (Å²) in [6, 6.07) is 0. The molecule has 0 radical (unpaired) electrons. The summed E-state index contributed by atoms with van der Waals surface area (Å²) in [5, 5.41) is 5.15. The third-order valence-electron chi connectivity index (χ3n) is 3.13. The smallest absolute Gasteiger partial charge is 0.0159 e. The van der Waals surface area contributed by atoms with E-state index in [1.165, 1.54) is 51.9 Å². The van der Waals surface area contributed by atoms with Gasteiger partial charge in [-0.25, -0.2) is 10.0 Å². The fraction of sp³-hybridized carbons (Fsp3) is 1.00. The Morgan fingerprint density at radius 1 is 0.857 bits per heavy atom. The maximum atomic E-state index is 2.58. The van der Waals surface area contributed by atoms with Crippen LogP contribution >= 0.6 is 34.0 Å². The van der Waals surface area contributed by atoms with E-state index in [4.69, 9.17) is 0 Å². The molecule has 1 atom stereocenters. The number of piperidine rings is 1. The zero-order valence-corrected chi connectivity index (χ0v) is 12.4. The molecule has 0 bridgehead atoms. The van der Waals surface area contributed by atoms with Crippen molar-refractivity contribution < 1.29 is 0 Å². The Balaban J connectivity index is 0.000000845. The highest BCUT2D eigenvalue weighted by atomic mass is 79.9. The highest BCUT2D eigenvalue weighted by Gasteiger charge is 2.24. The molecule has 0 aromatic heterocycles. The standard InChI is InChI=1S/C10H20N2.2BrH/c1-10-5-8-12(9-10)11-6-3-2-4-7-11;;/h10H,2-9H2,1H3;2*1H. The maximum absolute atomic E-state index is 2.58. The van der Waals surface area contributed by atoms with Gasteiger partial charge in [0.1, 0.15) is 0 Å². The second-order valence-corrected chi connectivity index (χ2v) is 4.32. The van der Waals surface area contributed by atoms with Gasteiger partial charge in [-0.3, -0.25) is 0 Å². The van der Waals surface area contributed by atoms with Crippen molar-refractivity contribution in [3.8, 4) is 0 Å². The molecule has 1 unspecified atom stereocenters. The second-order valence-electron chi connectivity index (χ2n) is 4.32. The van der Waals surface area contributed by atoms with E-state index in [2.05, 4.69) is 16.9 Å². The Kier molecular flexibility index (Phi) is 7.66. The van der Waals surface area contributed by atoms with E-state index < -0.39 is 0 Å². The highest BCUT2D eigenvalue weighted by molar-refractivity contribution is 8.93. The molecule has 0 amide bonds. The predicted octanol–water partition coefficient (Wildman–Crippen LogP) is 2.88. The Morgan fingerprint density at radius 3 is 2.00 bits per heavy atom. The van der Waals surface area contributed by atoms with E-state index in [1.807, 2.05) is 0 Å². The van der Waals surface area contributed by atoms with Gasteiger partial charge >= 0.3 is 0 Å². The Labute approximate surface area is 109 Å². The van der Waals surface area contributed by atoms with E-state index in [-0.39, 0.29) is 34.0 Å². The summed E-state index contributed by atoms with van der Waals surface area (Å²) in [6.45, 7) is 7.60. The van der Waals surface area contributed by atoms with Crippen molar-refractivity contribution >= 4 is 34.0 Å². The SMILES string of the molecule is Br.Br.CC1CCN(N2CCCCC2)C1. The number of hydrogen-bond acceptors (Lipinski definition) is 2. The summed E-state index contributed by atoms with van der Waals surface area (Å²) in [5.41, 5.74) is 0. The Hall–Kier alpha value is 0.880. The average molecular weight is 330 g/mol. The molecule has 2 aliphatic heterocycles. The molecule has 4 heteroatoms. The van der Waals surface area contributed by atoms with Crippen LogP contribution in [0.1, 0.15) is 32.6 Å². The van der Waals surface area contributed by atoms with Crippen molar-refractivity contribution in [3.05, 3.63) is 0 Å². The molecule has 2 saturated heterocycles. The minimum atomic E-state index is 0. The van der Waals surface area contributed by atoms with E-state index in [0.717, 1.165) is 5.92 Å². The van der Waals surface area contributed by atoms with Gasteiger partial charge in [-0.2, -0.15) is 0 Å². The van der Waals surface area contributed by atoms with Crippen LogP contribution in [-0.2, 0) is 0 Å². The zero-order chi connectivity index (χ0) is 8.39. The zero-order valence-electron chi connectivity index (χ0n) is 8.95. The summed E-state index contributed by atoms with van der Waals surface area (Å²) >= 11 is 0. The molecule has 2 fully saturated rings. The lowest BCUT2D eigenvalue weighted by molar-refractivity contribution is -0.0214. The van der Waals surface area contributed by atoms with Gasteiger partial charge < -0.3 is 0 Å². The first-order chi connectivity index (χ1) is 5.86. The first-order valence-electron chi connectivity index (χ1n) is 5.36. The third-order valence-corrected chi connectivity index (χ3v) is 3.13. The van der Waals surface area contributed by atoms with Crippen molar-refractivity contribution in [1.82, 2.24) is 10.0 Å². The molecule has 2 heterocycles. The van der Waals surface area contributed by atoms with Crippen LogP contribution in [0.5, 0.6) is 0 Å². The molecule has 0 aliphatic carbocycles. The molecular formula is C10H22Br2N2. The fourth-order valence-corrected chi connectivity index (χ4v) is 2.33. The number of hydrazine groups is 1. The molecule has 14 heavy (non-hydrogen) atoms. The van der Waals surface area contributed by atoms with Gasteiger partial charge in [0.15, 0.2) is 0 Å². The highest BCUT2D eigenvalue weighted by Crippen LogP contribution is 2.20. The fourth-order valence-electron chi connectivity index (χ4n) is 2.33. The summed E-state index contributed by atoms with van der Waals surface area (Å²) < 4.78 is 0. The Bertz CT molecular complexity index is 146. The summed E-state index contributed by atoms with van der Waals surface area (Å²) in [4.78, 5) is 0. The van der Waals surface area contributed by atoms with Crippen molar-refractivity contribution in [2.45, 2.75) is 32.6 Å². The van der Waals surface area contributed by atoms with Crippen molar-refractivity contribution in [1.29, 1.82) is 0 Å². The molecule has 2 rings (SSSR count). The summed E-state index contributed by atoms with van der Waals surface area (Å²) in [6.07, 6.45) is 5.66. The molecule has 86 valence electrons. The molecule has 0 N–H and O–H groups in total. The molecule has 2 nitrogen and oxygen atoms in total. The lowest BCUT2D eigenvalue weighted by Crippen LogP contribution is -2.44. The van der Waals surface area contributed by atoms with Gasteiger partial charge in [0.25, 0.3) is 0 Å². The van der Waals surface area contributed by atoms with Crippen LogP contribution < -0.4 is 0 Å². The normalized spacial score (nSPS) is 29.4. The predicted molar refractivity (Wildman–Crippen MR) is 71.4 cm³/mol. The first-order valence-corrected chi connectivity index (χ1v) is 5.36. The molecule has 2 aliphatic rings. The van der Waals surface area contributed by atoms with Crippen LogP contribution in [0.3, 0.4) is 0 Å². The van der Waals surface area contributed by atoms with Crippen LogP contribution in [0.2, 0.25) is 0 Å². The average Bonchev–Trinajstić information content (AvgIpc) is 2.54. The van der Waals surface area contributed by atoms with Gasteiger partial charge in [-0.15, -0.1) is 34.0 Å². The molecule has 0 saturated carbocycles. The van der Waals surface area contributed by atoms with Crippen LogP contribution in [-0.4, -0.2) is 36.2 Å². The number of halogens is 2. The monoisotopic (exact) mass is 328 g/mol. The van der Waals surface area contributed by atoms with E-state index >= 15 is 0 Å². The van der Waals surface area contributed by atoms with E-state index in [0.29, 0.717) is 0 Å². The number of hydrogen-bond donors (Lipinski definition) is 0. The second kappa shape index (κ2) is 7.20. The van der Waals surface area contributed by atoms with Gasteiger partial charge in [-0.05, 0) is 25.2 Å². The minimum Gasteiger partial charge on any atom is -0.242 e. The van der Waals surface area contributed by atoms with Gasteiger partial charge in [0, 0.05) is 26.2 Å². The van der Waals surface area contributed by atoms with Crippen LogP contribution in [0, 0.1) is 5.92 Å². The minimum absolute atomic E-state index is 0. The first kappa shape index (κ1) is 14.9. The van der Waals surface area contributed by atoms with Crippen molar-refractivity contribution in [3.63, 3.8) is 0 Å².